The Morgan fingerprint density at radius 1 is 1.39 bits per heavy atom. The van der Waals surface area contributed by atoms with Gasteiger partial charge in [0.15, 0.2) is 0 Å². The highest BCUT2D eigenvalue weighted by atomic mass is 16.1. The predicted octanol–water partition coefficient (Wildman–Crippen LogP) is 1.68. The van der Waals surface area contributed by atoms with Crippen LogP contribution in [-0.2, 0) is 0 Å². The maximum Gasteiger partial charge on any atom is 0.252 e. The summed E-state index contributed by atoms with van der Waals surface area (Å²) in [6, 6.07) is 1.54. The quantitative estimate of drug-likeness (QED) is 0.719. The Morgan fingerprint density at radius 3 is 2.61 bits per heavy atom. The molecule has 18 heavy (non-hydrogen) atoms. The van der Waals surface area contributed by atoms with Gasteiger partial charge in [-0.05, 0) is 12.3 Å². The fraction of sp³-hybridized carbons (Fsp3) is 0.692. The topological polar surface area (TPSA) is 83.8 Å². The van der Waals surface area contributed by atoms with Gasteiger partial charge in [0.05, 0.1) is 0 Å². The minimum absolute atomic E-state index is 0.0774. The number of H-pyrrole nitrogens is 1. The van der Waals surface area contributed by atoms with Gasteiger partial charge in [-0.3, -0.25) is 4.79 Å². The van der Waals surface area contributed by atoms with Crippen LogP contribution in [0.1, 0.15) is 45.9 Å². The molecule has 1 unspecified atom stereocenters. The first-order chi connectivity index (χ1) is 8.38. The lowest BCUT2D eigenvalue weighted by Gasteiger charge is -2.15. The molecule has 5 heteroatoms. The number of anilines is 1. The lowest BCUT2D eigenvalue weighted by Crippen LogP contribution is -2.31. The summed E-state index contributed by atoms with van der Waals surface area (Å²) < 4.78 is 0. The van der Waals surface area contributed by atoms with E-state index in [1.165, 1.54) is 6.07 Å². The molecule has 0 bridgehead atoms. The molecule has 0 aliphatic heterocycles. The van der Waals surface area contributed by atoms with Crippen LogP contribution < -0.4 is 16.6 Å². The average Bonchev–Trinajstić information content (AvgIpc) is 2.24. The first-order valence-corrected chi connectivity index (χ1v) is 6.49. The van der Waals surface area contributed by atoms with Gasteiger partial charge in [0.2, 0.25) is 0 Å². The van der Waals surface area contributed by atoms with Crippen molar-refractivity contribution >= 4 is 5.82 Å². The van der Waals surface area contributed by atoms with Crippen LogP contribution in [0, 0.1) is 5.92 Å². The highest BCUT2D eigenvalue weighted by molar-refractivity contribution is 5.33. The van der Waals surface area contributed by atoms with Gasteiger partial charge in [-0.1, -0.05) is 27.7 Å². The van der Waals surface area contributed by atoms with Crippen molar-refractivity contribution in [1.82, 2.24) is 9.97 Å². The number of aromatic amines is 1. The Labute approximate surface area is 108 Å². The van der Waals surface area contributed by atoms with E-state index in [4.69, 9.17) is 5.73 Å². The number of nitrogens with one attached hydrogen (secondary N) is 2. The largest absolute Gasteiger partial charge is 0.368 e. The van der Waals surface area contributed by atoms with E-state index in [1.807, 2.05) is 13.8 Å². The van der Waals surface area contributed by atoms with Crippen LogP contribution in [-0.4, -0.2) is 22.6 Å². The van der Waals surface area contributed by atoms with Crippen LogP contribution in [0.25, 0.3) is 0 Å². The van der Waals surface area contributed by atoms with Crippen molar-refractivity contribution in [3.05, 3.63) is 22.2 Å². The molecule has 0 aromatic carbocycles. The van der Waals surface area contributed by atoms with E-state index >= 15 is 0 Å². The molecule has 1 rings (SSSR count). The van der Waals surface area contributed by atoms with Crippen molar-refractivity contribution in [1.29, 1.82) is 0 Å². The molecule has 102 valence electrons. The highest BCUT2D eigenvalue weighted by Gasteiger charge is 2.08. The number of aromatic nitrogens is 2. The second-order valence-electron chi connectivity index (χ2n) is 5.44. The molecule has 0 spiro atoms. The van der Waals surface area contributed by atoms with Gasteiger partial charge in [-0.2, -0.15) is 0 Å². The summed E-state index contributed by atoms with van der Waals surface area (Å²) in [5.74, 6) is 2.06. The van der Waals surface area contributed by atoms with Gasteiger partial charge in [0.25, 0.3) is 5.56 Å². The van der Waals surface area contributed by atoms with Crippen LogP contribution in [0.2, 0.25) is 0 Å². The second kappa shape index (κ2) is 6.54. The van der Waals surface area contributed by atoms with Crippen molar-refractivity contribution in [3.8, 4) is 0 Å². The van der Waals surface area contributed by atoms with Crippen molar-refractivity contribution in [3.63, 3.8) is 0 Å². The van der Waals surface area contributed by atoms with Gasteiger partial charge in [0.1, 0.15) is 11.6 Å². The van der Waals surface area contributed by atoms with Gasteiger partial charge in [-0.15, -0.1) is 0 Å². The smallest absolute Gasteiger partial charge is 0.252 e. The Bertz CT molecular complexity index is 425. The third-order valence-electron chi connectivity index (χ3n) is 2.63. The van der Waals surface area contributed by atoms with Gasteiger partial charge >= 0.3 is 0 Å². The Kier molecular flexibility index (Phi) is 5.34. The first kappa shape index (κ1) is 14.7. The summed E-state index contributed by atoms with van der Waals surface area (Å²) >= 11 is 0. The van der Waals surface area contributed by atoms with Crippen molar-refractivity contribution in [2.75, 3.05) is 11.9 Å². The number of hydrogen-bond acceptors (Lipinski definition) is 4. The monoisotopic (exact) mass is 252 g/mol. The summed E-state index contributed by atoms with van der Waals surface area (Å²) in [7, 11) is 0. The van der Waals surface area contributed by atoms with E-state index in [-0.39, 0.29) is 17.5 Å². The maximum atomic E-state index is 11.5. The van der Waals surface area contributed by atoms with E-state index < -0.39 is 0 Å². The lowest BCUT2D eigenvalue weighted by atomic mass is 10.0. The molecule has 0 saturated carbocycles. The summed E-state index contributed by atoms with van der Waals surface area (Å²) in [4.78, 5) is 18.6. The van der Waals surface area contributed by atoms with Crippen LogP contribution in [0.15, 0.2) is 10.9 Å². The third kappa shape index (κ3) is 4.87. The third-order valence-corrected chi connectivity index (χ3v) is 2.63. The molecule has 0 radical (unpaired) electrons. The Balaban J connectivity index is 2.65. The highest BCUT2D eigenvalue weighted by Crippen LogP contribution is 2.09. The van der Waals surface area contributed by atoms with Crippen LogP contribution >= 0.6 is 0 Å². The lowest BCUT2D eigenvalue weighted by molar-refractivity contribution is 0.508. The minimum atomic E-state index is -0.131. The first-order valence-electron chi connectivity index (χ1n) is 6.49. The second-order valence-corrected chi connectivity index (χ2v) is 5.44. The fourth-order valence-corrected chi connectivity index (χ4v) is 1.76. The normalized spacial score (nSPS) is 13.1. The average molecular weight is 252 g/mol. The summed E-state index contributed by atoms with van der Waals surface area (Å²) in [5, 5.41) is 3.13. The standard InChI is InChI=1S/C13H24N4O/c1-8(2)5-10(14)7-15-11-6-12(18)17-13(16-11)9(3)4/h6,8-10H,5,7,14H2,1-4H3,(H2,15,16,17,18). The van der Waals surface area contributed by atoms with Gasteiger partial charge < -0.3 is 16.0 Å². The number of nitrogens with zero attached hydrogens (tertiary/aromatic N) is 1. The molecule has 0 aliphatic carbocycles. The number of hydrogen-bond donors (Lipinski definition) is 3. The predicted molar refractivity (Wildman–Crippen MR) is 74.9 cm³/mol. The number of nitrogens with two attached hydrogens (primary N) is 1. The molecule has 4 N–H and O–H groups in total. The molecule has 1 atom stereocenters. The molecule has 0 fully saturated rings. The van der Waals surface area contributed by atoms with E-state index in [0.717, 1.165) is 6.42 Å². The van der Waals surface area contributed by atoms with Crippen LogP contribution in [0.4, 0.5) is 5.82 Å². The molecular weight excluding hydrogens is 228 g/mol. The molecule has 0 saturated heterocycles. The van der Waals surface area contributed by atoms with Gasteiger partial charge in [0, 0.05) is 24.6 Å². The summed E-state index contributed by atoms with van der Waals surface area (Å²) in [6.45, 7) is 8.90. The van der Waals surface area contributed by atoms with Gasteiger partial charge in [-0.25, -0.2) is 4.98 Å². The van der Waals surface area contributed by atoms with Crippen molar-refractivity contribution in [2.45, 2.75) is 46.1 Å². The zero-order valence-corrected chi connectivity index (χ0v) is 11.7. The van der Waals surface area contributed by atoms with Crippen LogP contribution in [0.5, 0.6) is 0 Å². The van der Waals surface area contributed by atoms with Crippen LogP contribution in [0.3, 0.4) is 0 Å². The van der Waals surface area contributed by atoms with E-state index in [2.05, 4.69) is 29.1 Å². The Hall–Kier alpha value is -1.36. The molecule has 5 nitrogen and oxygen atoms in total. The van der Waals surface area contributed by atoms with Crippen molar-refractivity contribution < 1.29 is 0 Å². The summed E-state index contributed by atoms with van der Waals surface area (Å²) in [6.07, 6.45) is 0.952. The van der Waals surface area contributed by atoms with E-state index in [1.54, 1.807) is 0 Å². The van der Waals surface area contributed by atoms with E-state index in [9.17, 15) is 4.79 Å². The zero-order valence-electron chi connectivity index (χ0n) is 11.7. The number of rotatable bonds is 6. The van der Waals surface area contributed by atoms with Crippen molar-refractivity contribution in [2.24, 2.45) is 11.7 Å². The maximum absolute atomic E-state index is 11.5. The molecule has 1 heterocycles. The fourth-order valence-electron chi connectivity index (χ4n) is 1.76. The zero-order chi connectivity index (χ0) is 13.7. The minimum Gasteiger partial charge on any atom is -0.368 e. The SMILES string of the molecule is CC(C)CC(N)CNc1cc(=O)[nH]c(C(C)C)n1. The summed E-state index contributed by atoms with van der Waals surface area (Å²) in [5.41, 5.74) is 5.85. The molecule has 0 amide bonds. The molecule has 1 aromatic heterocycles. The molecule has 0 aliphatic rings. The van der Waals surface area contributed by atoms with E-state index in [0.29, 0.717) is 24.1 Å². The Morgan fingerprint density at radius 2 is 2.06 bits per heavy atom. The molecule has 1 aromatic rings. The molecular formula is C13H24N4O.